The molecule has 0 aliphatic carbocycles. The van der Waals surface area contributed by atoms with Gasteiger partial charge in [-0.25, -0.2) is 9.69 Å². The van der Waals surface area contributed by atoms with Gasteiger partial charge in [-0.05, 0) is 61.5 Å². The molecule has 6 nitrogen and oxygen atoms in total. The molecular weight excluding hydrogens is 370 g/mol. The Balaban J connectivity index is 1.59. The highest BCUT2D eigenvalue weighted by Crippen LogP contribution is 2.29. The van der Waals surface area contributed by atoms with Crippen LogP contribution in [0.15, 0.2) is 72.8 Å². The predicted molar refractivity (Wildman–Crippen MR) is 105 cm³/mol. The highest BCUT2D eigenvalue weighted by Gasteiger charge is 2.37. The number of carbonyl (C=O) groups excluding carboxylic acids is 4. The lowest BCUT2D eigenvalue weighted by Gasteiger charge is -2.13. The van der Waals surface area contributed by atoms with Crippen LogP contribution in [0.25, 0.3) is 0 Å². The van der Waals surface area contributed by atoms with E-state index in [0.29, 0.717) is 11.3 Å². The second-order valence-corrected chi connectivity index (χ2v) is 6.51. The van der Waals surface area contributed by atoms with Crippen LogP contribution in [0, 0.1) is 0 Å². The van der Waals surface area contributed by atoms with E-state index in [1.807, 2.05) is 0 Å². The lowest BCUT2D eigenvalue weighted by molar-refractivity contribution is 0.0734. The molecule has 142 valence electrons. The molecule has 1 aliphatic heterocycles. The van der Waals surface area contributed by atoms with E-state index in [9.17, 15) is 19.2 Å². The molecule has 0 unspecified atom stereocenters. The maximum Gasteiger partial charge on any atom is 0.343 e. The number of hydrogen-bond acceptors (Lipinski definition) is 5. The Bertz CT molecular complexity index is 1150. The molecule has 0 aromatic heterocycles. The Morgan fingerprint density at radius 3 is 2.03 bits per heavy atom. The molecule has 3 aromatic rings. The summed E-state index contributed by atoms with van der Waals surface area (Å²) in [5.74, 6) is -1.41. The van der Waals surface area contributed by atoms with E-state index >= 15 is 0 Å². The van der Waals surface area contributed by atoms with Gasteiger partial charge >= 0.3 is 5.97 Å². The number of benzene rings is 3. The summed E-state index contributed by atoms with van der Waals surface area (Å²) in [4.78, 5) is 50.3. The summed E-state index contributed by atoms with van der Waals surface area (Å²) < 4.78 is 5.31. The summed E-state index contributed by atoms with van der Waals surface area (Å²) in [7, 11) is 0. The molecule has 0 fully saturated rings. The Labute approximate surface area is 166 Å². The van der Waals surface area contributed by atoms with Gasteiger partial charge in [-0.1, -0.05) is 18.2 Å². The van der Waals surface area contributed by atoms with Gasteiger partial charge in [0, 0.05) is 5.56 Å². The average molecular weight is 385 g/mol. The van der Waals surface area contributed by atoms with Crippen LogP contribution in [0.4, 0.5) is 5.69 Å². The fraction of sp³-hybridized carbons (Fsp3) is 0.0435. The van der Waals surface area contributed by atoms with Crippen molar-refractivity contribution in [3.63, 3.8) is 0 Å². The standard InChI is InChI=1S/C23H15NO5/c1-14(25)15-7-10-18(11-8-15)29-23(28)16-9-12-19-20(13-16)22(27)24(21(19)26)17-5-3-2-4-6-17/h2-13H,1H3. The zero-order chi connectivity index (χ0) is 20.5. The van der Waals surface area contributed by atoms with E-state index in [0.717, 1.165) is 4.90 Å². The number of hydrogen-bond donors (Lipinski definition) is 0. The van der Waals surface area contributed by atoms with E-state index in [1.165, 1.54) is 37.3 Å². The Morgan fingerprint density at radius 1 is 0.759 bits per heavy atom. The summed E-state index contributed by atoms with van der Waals surface area (Å²) in [6.45, 7) is 1.45. The van der Waals surface area contributed by atoms with Gasteiger partial charge in [0.15, 0.2) is 5.78 Å². The van der Waals surface area contributed by atoms with E-state index in [4.69, 9.17) is 4.74 Å². The van der Waals surface area contributed by atoms with Crippen LogP contribution < -0.4 is 9.64 Å². The van der Waals surface area contributed by atoms with Crippen molar-refractivity contribution in [2.45, 2.75) is 6.92 Å². The number of nitrogens with zero attached hydrogens (tertiary/aromatic N) is 1. The monoisotopic (exact) mass is 385 g/mol. The van der Waals surface area contributed by atoms with Crippen molar-refractivity contribution in [3.8, 4) is 5.75 Å². The summed E-state index contributed by atoms with van der Waals surface area (Å²) in [6, 6.07) is 19.0. The number of amides is 2. The fourth-order valence-electron chi connectivity index (χ4n) is 3.10. The number of anilines is 1. The van der Waals surface area contributed by atoms with Gasteiger partial charge in [0.25, 0.3) is 11.8 Å². The Kier molecular flexibility index (Phi) is 4.52. The van der Waals surface area contributed by atoms with Crippen LogP contribution in [0.2, 0.25) is 0 Å². The summed E-state index contributed by atoms with van der Waals surface area (Å²) in [6.07, 6.45) is 0. The first-order chi connectivity index (χ1) is 14.0. The average Bonchev–Trinajstić information content (AvgIpc) is 2.99. The largest absolute Gasteiger partial charge is 0.423 e. The summed E-state index contributed by atoms with van der Waals surface area (Å²) in [5.41, 5.74) is 1.51. The van der Waals surface area contributed by atoms with Crippen molar-refractivity contribution in [2.24, 2.45) is 0 Å². The molecule has 29 heavy (non-hydrogen) atoms. The molecule has 2 amide bonds. The van der Waals surface area contributed by atoms with Crippen LogP contribution in [0.5, 0.6) is 5.75 Å². The molecule has 0 atom stereocenters. The number of carbonyl (C=O) groups is 4. The minimum atomic E-state index is -0.665. The third-order valence-corrected chi connectivity index (χ3v) is 4.61. The SMILES string of the molecule is CC(=O)c1ccc(OC(=O)c2ccc3c(c2)C(=O)N(c2ccccc2)C3=O)cc1. The molecular formula is C23H15NO5. The van der Waals surface area contributed by atoms with Crippen molar-refractivity contribution < 1.29 is 23.9 Å². The normalized spacial score (nSPS) is 12.7. The second-order valence-electron chi connectivity index (χ2n) is 6.51. The molecule has 1 aliphatic rings. The van der Waals surface area contributed by atoms with Gasteiger partial charge in [-0.3, -0.25) is 14.4 Å². The smallest absolute Gasteiger partial charge is 0.343 e. The minimum absolute atomic E-state index is 0.0901. The number of para-hydroxylation sites is 1. The van der Waals surface area contributed by atoms with E-state index in [-0.39, 0.29) is 28.2 Å². The topological polar surface area (TPSA) is 80.8 Å². The van der Waals surface area contributed by atoms with Gasteiger partial charge in [-0.15, -0.1) is 0 Å². The molecule has 0 N–H and O–H groups in total. The third kappa shape index (κ3) is 3.32. The maximum atomic E-state index is 12.8. The highest BCUT2D eigenvalue weighted by atomic mass is 16.5. The first-order valence-electron chi connectivity index (χ1n) is 8.87. The van der Waals surface area contributed by atoms with Gasteiger partial charge in [-0.2, -0.15) is 0 Å². The van der Waals surface area contributed by atoms with Crippen molar-refractivity contribution in [1.82, 2.24) is 0 Å². The summed E-state index contributed by atoms with van der Waals surface area (Å²) >= 11 is 0. The number of fused-ring (bicyclic) bond motifs is 1. The number of rotatable bonds is 4. The molecule has 4 rings (SSSR count). The molecule has 0 radical (unpaired) electrons. The van der Waals surface area contributed by atoms with Crippen LogP contribution in [-0.2, 0) is 0 Å². The van der Waals surface area contributed by atoms with Crippen LogP contribution in [0.3, 0.4) is 0 Å². The first kappa shape index (κ1) is 18.3. The number of imide groups is 1. The fourth-order valence-corrected chi connectivity index (χ4v) is 3.10. The zero-order valence-corrected chi connectivity index (χ0v) is 15.4. The van der Waals surface area contributed by atoms with E-state index < -0.39 is 17.8 Å². The quantitative estimate of drug-likeness (QED) is 0.294. The molecule has 1 heterocycles. The van der Waals surface area contributed by atoms with Crippen molar-refractivity contribution in [2.75, 3.05) is 4.90 Å². The maximum absolute atomic E-state index is 12.8. The van der Waals surface area contributed by atoms with Crippen LogP contribution >= 0.6 is 0 Å². The number of ether oxygens (including phenoxy) is 1. The highest BCUT2D eigenvalue weighted by molar-refractivity contribution is 6.34. The number of esters is 1. The van der Waals surface area contributed by atoms with Crippen molar-refractivity contribution in [3.05, 3.63) is 95.1 Å². The molecule has 3 aromatic carbocycles. The molecule has 0 saturated carbocycles. The van der Waals surface area contributed by atoms with Crippen molar-refractivity contribution in [1.29, 1.82) is 0 Å². The third-order valence-electron chi connectivity index (χ3n) is 4.61. The Morgan fingerprint density at radius 2 is 1.38 bits per heavy atom. The molecule has 0 spiro atoms. The van der Waals surface area contributed by atoms with Crippen LogP contribution in [0.1, 0.15) is 48.4 Å². The minimum Gasteiger partial charge on any atom is -0.423 e. The molecule has 0 saturated heterocycles. The van der Waals surface area contributed by atoms with Crippen molar-refractivity contribution >= 4 is 29.3 Å². The molecule has 6 heteroatoms. The summed E-state index contributed by atoms with van der Waals surface area (Å²) in [5, 5.41) is 0. The van der Waals surface area contributed by atoms with Gasteiger partial charge < -0.3 is 4.74 Å². The van der Waals surface area contributed by atoms with Gasteiger partial charge in [0.1, 0.15) is 5.75 Å². The second kappa shape index (κ2) is 7.16. The van der Waals surface area contributed by atoms with Crippen LogP contribution in [-0.4, -0.2) is 23.6 Å². The molecule has 0 bridgehead atoms. The Hall–Kier alpha value is -4.06. The zero-order valence-electron chi connectivity index (χ0n) is 15.4. The predicted octanol–water partition coefficient (Wildman–Crippen LogP) is 3.91. The lowest BCUT2D eigenvalue weighted by Crippen LogP contribution is -2.29. The van der Waals surface area contributed by atoms with Gasteiger partial charge in [0.2, 0.25) is 0 Å². The van der Waals surface area contributed by atoms with E-state index in [1.54, 1.807) is 42.5 Å². The van der Waals surface area contributed by atoms with Gasteiger partial charge in [0.05, 0.1) is 22.4 Å². The first-order valence-corrected chi connectivity index (χ1v) is 8.87. The van der Waals surface area contributed by atoms with E-state index in [2.05, 4.69) is 0 Å². The number of ketones is 1. The number of Topliss-reactive ketones (excluding diaryl/α,β-unsaturated/α-hetero) is 1. The lowest BCUT2D eigenvalue weighted by atomic mass is 10.1.